The Bertz CT molecular complexity index is 424. The van der Waals surface area contributed by atoms with Crippen LogP contribution in [0, 0.1) is 22.5 Å². The molecule has 0 aliphatic carbocycles. The van der Waals surface area contributed by atoms with Gasteiger partial charge in [0.2, 0.25) is 0 Å². The number of terminal acetylenes is 1. The van der Waals surface area contributed by atoms with Gasteiger partial charge in [-0.2, -0.15) is 0 Å². The van der Waals surface area contributed by atoms with Crippen LogP contribution in [0.4, 0.5) is 11.4 Å². The van der Waals surface area contributed by atoms with E-state index in [1.165, 1.54) is 13.2 Å². The summed E-state index contributed by atoms with van der Waals surface area (Å²) in [6, 6.07) is 4.52. The van der Waals surface area contributed by atoms with E-state index >= 15 is 0 Å². The number of nitrogens with one attached hydrogen (secondary N) is 1. The molecule has 0 heterocycles. The van der Waals surface area contributed by atoms with E-state index < -0.39 is 4.92 Å². The van der Waals surface area contributed by atoms with Gasteiger partial charge in [-0.1, -0.05) is 0 Å². The second-order valence-corrected chi connectivity index (χ2v) is 3.02. The third-order valence-corrected chi connectivity index (χ3v) is 1.99. The van der Waals surface area contributed by atoms with Crippen molar-refractivity contribution in [2.75, 3.05) is 19.0 Å². The number of hydrogen-bond acceptors (Lipinski definition) is 4. The van der Waals surface area contributed by atoms with E-state index in [1.54, 1.807) is 12.1 Å². The SMILES string of the molecule is C#CCCNc1cc(OC)ccc1[N+](=O)[O-]. The van der Waals surface area contributed by atoms with Gasteiger partial charge in [0.25, 0.3) is 5.69 Å². The zero-order chi connectivity index (χ0) is 12.0. The maximum absolute atomic E-state index is 10.7. The number of anilines is 1. The standard InChI is InChI=1S/C11H12N2O3/c1-3-4-7-12-10-8-9(16-2)5-6-11(10)13(14)15/h1,5-6,8,12H,4,7H2,2H3. The summed E-state index contributed by atoms with van der Waals surface area (Å²) in [5.41, 5.74) is 0.428. The summed E-state index contributed by atoms with van der Waals surface area (Å²) in [4.78, 5) is 10.3. The second-order valence-electron chi connectivity index (χ2n) is 3.02. The molecule has 1 N–H and O–H groups in total. The number of methoxy groups -OCH3 is 1. The summed E-state index contributed by atoms with van der Waals surface area (Å²) in [5, 5.41) is 13.6. The van der Waals surface area contributed by atoms with Crippen LogP contribution in [-0.4, -0.2) is 18.6 Å². The van der Waals surface area contributed by atoms with Crippen LogP contribution >= 0.6 is 0 Å². The van der Waals surface area contributed by atoms with Crippen molar-refractivity contribution in [1.82, 2.24) is 0 Å². The Morgan fingerprint density at radius 3 is 2.94 bits per heavy atom. The molecule has 1 rings (SSSR count). The van der Waals surface area contributed by atoms with Crippen LogP contribution in [0.1, 0.15) is 6.42 Å². The number of nitro groups is 1. The fraction of sp³-hybridized carbons (Fsp3) is 0.273. The van der Waals surface area contributed by atoms with Gasteiger partial charge in [0, 0.05) is 25.1 Å². The number of hydrogen-bond donors (Lipinski definition) is 1. The van der Waals surface area contributed by atoms with Gasteiger partial charge in [-0.3, -0.25) is 10.1 Å². The van der Waals surface area contributed by atoms with Gasteiger partial charge in [0.05, 0.1) is 12.0 Å². The van der Waals surface area contributed by atoms with Crippen molar-refractivity contribution < 1.29 is 9.66 Å². The zero-order valence-electron chi connectivity index (χ0n) is 8.90. The minimum Gasteiger partial charge on any atom is -0.497 e. The summed E-state index contributed by atoms with van der Waals surface area (Å²) >= 11 is 0. The first-order valence-corrected chi connectivity index (χ1v) is 4.68. The quantitative estimate of drug-likeness (QED) is 0.357. The Kier molecular flexibility index (Phi) is 4.16. The molecule has 84 valence electrons. The molecule has 5 nitrogen and oxygen atoms in total. The molecular weight excluding hydrogens is 208 g/mol. The van der Waals surface area contributed by atoms with Gasteiger partial charge in [0.1, 0.15) is 11.4 Å². The molecule has 0 saturated carbocycles. The molecule has 0 bridgehead atoms. The minimum absolute atomic E-state index is 0.0119. The molecule has 0 aliphatic heterocycles. The fourth-order valence-electron chi connectivity index (χ4n) is 1.21. The van der Waals surface area contributed by atoms with Crippen molar-refractivity contribution in [3.63, 3.8) is 0 Å². The summed E-state index contributed by atoms with van der Waals surface area (Å²) < 4.78 is 4.99. The molecule has 1 aromatic carbocycles. The first-order valence-electron chi connectivity index (χ1n) is 4.68. The van der Waals surface area contributed by atoms with Crippen LogP contribution in [-0.2, 0) is 0 Å². The number of ether oxygens (including phenoxy) is 1. The maximum Gasteiger partial charge on any atom is 0.292 e. The molecule has 0 aromatic heterocycles. The second kappa shape index (κ2) is 5.61. The third kappa shape index (κ3) is 2.89. The molecule has 0 radical (unpaired) electrons. The van der Waals surface area contributed by atoms with Gasteiger partial charge in [-0.25, -0.2) is 0 Å². The molecule has 0 unspecified atom stereocenters. The predicted octanol–water partition coefficient (Wildman–Crippen LogP) is 2.04. The van der Waals surface area contributed by atoms with E-state index in [1.807, 2.05) is 0 Å². The van der Waals surface area contributed by atoms with E-state index in [9.17, 15) is 10.1 Å². The van der Waals surface area contributed by atoms with Crippen LogP contribution in [0.2, 0.25) is 0 Å². The van der Waals surface area contributed by atoms with E-state index in [-0.39, 0.29) is 5.69 Å². The van der Waals surface area contributed by atoms with Crippen molar-refractivity contribution in [3.8, 4) is 18.1 Å². The zero-order valence-corrected chi connectivity index (χ0v) is 8.90. The Balaban J connectivity index is 2.92. The summed E-state index contributed by atoms with van der Waals surface area (Å²) in [5.74, 6) is 3.02. The maximum atomic E-state index is 10.7. The van der Waals surface area contributed by atoms with Gasteiger partial charge < -0.3 is 10.1 Å². The third-order valence-electron chi connectivity index (χ3n) is 1.99. The lowest BCUT2D eigenvalue weighted by Gasteiger charge is -2.07. The number of nitro benzene ring substituents is 1. The van der Waals surface area contributed by atoms with Crippen LogP contribution < -0.4 is 10.1 Å². The van der Waals surface area contributed by atoms with E-state index in [0.717, 1.165) is 0 Å². The topological polar surface area (TPSA) is 64.4 Å². The largest absolute Gasteiger partial charge is 0.497 e. The van der Waals surface area contributed by atoms with Crippen molar-refractivity contribution >= 4 is 11.4 Å². The van der Waals surface area contributed by atoms with Crippen molar-refractivity contribution in [3.05, 3.63) is 28.3 Å². The monoisotopic (exact) mass is 220 g/mol. The molecule has 0 saturated heterocycles. The van der Waals surface area contributed by atoms with Gasteiger partial charge in [-0.05, 0) is 6.07 Å². The van der Waals surface area contributed by atoms with Gasteiger partial charge in [0.15, 0.2) is 0 Å². The predicted molar refractivity (Wildman–Crippen MR) is 61.6 cm³/mol. The molecular formula is C11H12N2O3. The lowest BCUT2D eigenvalue weighted by molar-refractivity contribution is -0.384. The lowest BCUT2D eigenvalue weighted by atomic mass is 10.2. The van der Waals surface area contributed by atoms with Crippen molar-refractivity contribution in [2.45, 2.75) is 6.42 Å². The molecule has 16 heavy (non-hydrogen) atoms. The molecule has 0 fully saturated rings. The van der Waals surface area contributed by atoms with Gasteiger partial charge in [-0.15, -0.1) is 12.3 Å². The molecule has 5 heteroatoms. The van der Waals surface area contributed by atoms with Crippen molar-refractivity contribution in [2.24, 2.45) is 0 Å². The Morgan fingerprint density at radius 1 is 1.62 bits per heavy atom. The molecule has 0 atom stereocenters. The van der Waals surface area contributed by atoms with E-state index in [4.69, 9.17) is 11.2 Å². The highest BCUT2D eigenvalue weighted by Gasteiger charge is 2.13. The number of benzene rings is 1. The number of rotatable bonds is 5. The highest BCUT2D eigenvalue weighted by Crippen LogP contribution is 2.28. The smallest absolute Gasteiger partial charge is 0.292 e. The summed E-state index contributed by atoms with van der Waals surface area (Å²) in [6.45, 7) is 0.491. The van der Waals surface area contributed by atoms with Crippen LogP contribution in [0.5, 0.6) is 5.75 Å². The average molecular weight is 220 g/mol. The summed E-state index contributed by atoms with van der Waals surface area (Å²) in [6.07, 6.45) is 5.61. The van der Waals surface area contributed by atoms with Crippen LogP contribution in [0.25, 0.3) is 0 Å². The fourth-order valence-corrected chi connectivity index (χ4v) is 1.21. The summed E-state index contributed by atoms with van der Waals surface area (Å²) in [7, 11) is 1.51. The van der Waals surface area contributed by atoms with Gasteiger partial charge >= 0.3 is 0 Å². The van der Waals surface area contributed by atoms with E-state index in [2.05, 4.69) is 11.2 Å². The minimum atomic E-state index is -0.447. The van der Waals surface area contributed by atoms with E-state index in [0.29, 0.717) is 24.4 Å². The highest BCUT2D eigenvalue weighted by atomic mass is 16.6. The van der Waals surface area contributed by atoms with Crippen LogP contribution in [0.15, 0.2) is 18.2 Å². The molecule has 0 amide bonds. The lowest BCUT2D eigenvalue weighted by Crippen LogP contribution is -2.03. The highest BCUT2D eigenvalue weighted by molar-refractivity contribution is 5.64. The average Bonchev–Trinajstić information content (AvgIpc) is 2.29. The molecule has 0 aliphatic rings. The first kappa shape index (κ1) is 11.9. The van der Waals surface area contributed by atoms with Crippen molar-refractivity contribution in [1.29, 1.82) is 0 Å². The first-order chi connectivity index (χ1) is 7.69. The Morgan fingerprint density at radius 2 is 2.38 bits per heavy atom. The normalized spacial score (nSPS) is 9.25. The molecule has 1 aromatic rings. The molecule has 0 spiro atoms. The Labute approximate surface area is 93.6 Å². The Hall–Kier alpha value is -2.22. The number of nitrogens with zero attached hydrogens (tertiary/aromatic N) is 1. The van der Waals surface area contributed by atoms with Crippen LogP contribution in [0.3, 0.4) is 0 Å².